The Morgan fingerprint density at radius 3 is 2.52 bits per heavy atom. The average Bonchev–Trinajstić information content (AvgIpc) is 2.76. The van der Waals surface area contributed by atoms with Gasteiger partial charge < -0.3 is 14.8 Å². The first-order chi connectivity index (χ1) is 14.0. The van der Waals surface area contributed by atoms with Crippen molar-refractivity contribution >= 4 is 22.7 Å². The van der Waals surface area contributed by atoms with Crippen molar-refractivity contribution in [2.24, 2.45) is 0 Å². The third kappa shape index (κ3) is 4.80. The minimum Gasteiger partial charge on any atom is -0.496 e. The molecular weight excluding hydrogens is 374 g/mol. The number of para-hydroxylation sites is 1. The summed E-state index contributed by atoms with van der Waals surface area (Å²) in [6, 6.07) is 15.3. The number of nitrogens with zero attached hydrogens (tertiary/aromatic N) is 1. The second-order valence-electron chi connectivity index (χ2n) is 6.33. The summed E-state index contributed by atoms with van der Waals surface area (Å²) >= 11 is 0. The van der Waals surface area contributed by atoms with E-state index in [1.165, 1.54) is 12.1 Å². The second-order valence-corrected chi connectivity index (χ2v) is 6.33. The predicted molar refractivity (Wildman–Crippen MR) is 106 cm³/mol. The number of benzene rings is 2. The molecule has 1 atom stereocenters. The maximum atomic E-state index is 12.5. The third-order valence-corrected chi connectivity index (χ3v) is 4.24. The molecule has 150 valence electrons. The zero-order valence-electron chi connectivity index (χ0n) is 16.0. The second kappa shape index (κ2) is 9.03. The van der Waals surface area contributed by atoms with Gasteiger partial charge in [-0.25, -0.2) is 10.5 Å². The number of carbonyl (C=O) groups excluding carboxylic acids is 2. The molecular formula is C21H21N3O5. The Hall–Kier alpha value is -3.65. The number of ether oxygens (including phenoxy) is 2. The van der Waals surface area contributed by atoms with Gasteiger partial charge in [0.05, 0.1) is 19.2 Å². The number of rotatable bonds is 7. The highest BCUT2D eigenvalue weighted by Crippen LogP contribution is 2.24. The van der Waals surface area contributed by atoms with Crippen molar-refractivity contribution in [3.63, 3.8) is 0 Å². The number of pyridine rings is 1. The Bertz CT molecular complexity index is 1020. The number of fused-ring (bicyclic) bond motifs is 1. The largest absolute Gasteiger partial charge is 0.496 e. The fraction of sp³-hybridized carbons (Fsp3) is 0.190. The maximum Gasteiger partial charge on any atom is 0.274 e. The number of hydrogen-bond donors (Lipinski definition) is 3. The monoisotopic (exact) mass is 395 g/mol. The molecule has 0 aliphatic rings. The van der Waals surface area contributed by atoms with Crippen LogP contribution in [0.1, 0.15) is 27.8 Å². The van der Waals surface area contributed by atoms with Gasteiger partial charge in [-0.3, -0.25) is 14.8 Å². The molecule has 3 aromatic rings. The van der Waals surface area contributed by atoms with Gasteiger partial charge in [0.2, 0.25) is 0 Å². The van der Waals surface area contributed by atoms with Crippen LogP contribution in [-0.4, -0.2) is 41.8 Å². The van der Waals surface area contributed by atoms with E-state index in [2.05, 4.69) is 10.3 Å². The first-order valence-corrected chi connectivity index (χ1v) is 8.95. The van der Waals surface area contributed by atoms with Crippen LogP contribution < -0.4 is 20.3 Å². The Labute approximate surface area is 167 Å². The van der Waals surface area contributed by atoms with Crippen LogP contribution in [0.15, 0.2) is 54.6 Å². The van der Waals surface area contributed by atoms with E-state index in [4.69, 9.17) is 14.7 Å². The summed E-state index contributed by atoms with van der Waals surface area (Å²) in [4.78, 5) is 28.2. The maximum absolute atomic E-state index is 12.5. The summed E-state index contributed by atoms with van der Waals surface area (Å²) in [5, 5.41) is 12.3. The lowest BCUT2D eigenvalue weighted by molar-refractivity contribution is 0.0706. The summed E-state index contributed by atoms with van der Waals surface area (Å²) in [5.74, 6) is 0.179. The molecule has 29 heavy (non-hydrogen) atoms. The molecule has 3 rings (SSSR count). The summed E-state index contributed by atoms with van der Waals surface area (Å²) in [6.07, 6.45) is -0.321. The molecule has 0 bridgehead atoms. The van der Waals surface area contributed by atoms with Gasteiger partial charge in [0.25, 0.3) is 11.8 Å². The molecule has 8 nitrogen and oxygen atoms in total. The number of methoxy groups -OCH3 is 1. The highest BCUT2D eigenvalue weighted by atomic mass is 16.5. The van der Waals surface area contributed by atoms with Gasteiger partial charge in [-0.2, -0.15) is 0 Å². The van der Waals surface area contributed by atoms with Gasteiger partial charge in [0, 0.05) is 17.0 Å². The van der Waals surface area contributed by atoms with Crippen LogP contribution in [0.4, 0.5) is 0 Å². The molecule has 3 N–H and O–H groups in total. The van der Waals surface area contributed by atoms with Gasteiger partial charge in [-0.1, -0.05) is 12.1 Å². The normalized spacial score (nSPS) is 11.6. The fourth-order valence-electron chi connectivity index (χ4n) is 2.78. The van der Waals surface area contributed by atoms with Crippen molar-refractivity contribution in [1.82, 2.24) is 15.8 Å². The summed E-state index contributed by atoms with van der Waals surface area (Å²) in [5.41, 5.74) is 2.80. The number of aromatic nitrogens is 1. The minimum atomic E-state index is -0.602. The van der Waals surface area contributed by atoms with Gasteiger partial charge >= 0.3 is 0 Å². The number of amides is 2. The van der Waals surface area contributed by atoms with E-state index >= 15 is 0 Å². The van der Waals surface area contributed by atoms with E-state index in [0.717, 1.165) is 5.39 Å². The quantitative estimate of drug-likeness (QED) is 0.419. The standard InChI is InChI=1S/C21H21N3O5/c1-13(29-15-9-7-14(8-10-15)20(25)24-27)12-22-21(26)18-11-19(28-2)16-5-3-4-6-17(16)23-18/h3-11,13,27H,12H2,1-2H3,(H,22,26)(H,24,25). The van der Waals surface area contributed by atoms with Crippen molar-refractivity contribution < 1.29 is 24.3 Å². The fourth-order valence-corrected chi connectivity index (χ4v) is 2.78. The zero-order valence-corrected chi connectivity index (χ0v) is 16.0. The molecule has 0 radical (unpaired) electrons. The highest BCUT2D eigenvalue weighted by Gasteiger charge is 2.14. The van der Waals surface area contributed by atoms with Crippen LogP contribution in [-0.2, 0) is 0 Å². The first-order valence-electron chi connectivity index (χ1n) is 8.95. The van der Waals surface area contributed by atoms with Gasteiger partial charge in [-0.05, 0) is 43.3 Å². The van der Waals surface area contributed by atoms with E-state index in [1.54, 1.807) is 30.8 Å². The van der Waals surface area contributed by atoms with Crippen LogP contribution in [0.3, 0.4) is 0 Å². The zero-order chi connectivity index (χ0) is 20.8. The lowest BCUT2D eigenvalue weighted by Gasteiger charge is -2.16. The van der Waals surface area contributed by atoms with E-state index in [1.807, 2.05) is 31.2 Å². The highest BCUT2D eigenvalue weighted by molar-refractivity contribution is 5.97. The molecule has 1 unspecified atom stereocenters. The molecule has 2 amide bonds. The lowest BCUT2D eigenvalue weighted by Crippen LogP contribution is -2.34. The molecule has 8 heteroatoms. The van der Waals surface area contributed by atoms with Crippen molar-refractivity contribution in [1.29, 1.82) is 0 Å². The van der Waals surface area contributed by atoms with Crippen LogP contribution >= 0.6 is 0 Å². The van der Waals surface area contributed by atoms with Crippen molar-refractivity contribution in [2.45, 2.75) is 13.0 Å². The Balaban J connectivity index is 1.61. The number of hydrogen-bond acceptors (Lipinski definition) is 6. The average molecular weight is 395 g/mol. The number of nitrogens with one attached hydrogen (secondary N) is 2. The van der Waals surface area contributed by atoms with Crippen LogP contribution in [0, 0.1) is 0 Å². The van der Waals surface area contributed by atoms with E-state index in [9.17, 15) is 9.59 Å². The van der Waals surface area contributed by atoms with E-state index < -0.39 is 5.91 Å². The first kappa shape index (κ1) is 20.1. The summed E-state index contributed by atoms with van der Waals surface area (Å²) in [7, 11) is 1.55. The Morgan fingerprint density at radius 1 is 1.10 bits per heavy atom. The van der Waals surface area contributed by atoms with Crippen LogP contribution in [0.2, 0.25) is 0 Å². The van der Waals surface area contributed by atoms with E-state index in [0.29, 0.717) is 22.6 Å². The molecule has 1 heterocycles. The number of carbonyl (C=O) groups is 2. The summed E-state index contributed by atoms with van der Waals surface area (Å²) < 4.78 is 11.1. The number of hydroxylamine groups is 1. The SMILES string of the molecule is COc1cc(C(=O)NCC(C)Oc2ccc(C(=O)NO)cc2)nc2ccccc12. The van der Waals surface area contributed by atoms with Crippen molar-refractivity contribution in [2.75, 3.05) is 13.7 Å². The molecule has 0 spiro atoms. The van der Waals surface area contributed by atoms with Gasteiger partial charge in [0.1, 0.15) is 23.3 Å². The Kier molecular flexibility index (Phi) is 6.25. The molecule has 0 saturated heterocycles. The molecule has 0 saturated carbocycles. The third-order valence-electron chi connectivity index (χ3n) is 4.24. The summed E-state index contributed by atoms with van der Waals surface area (Å²) in [6.45, 7) is 2.07. The molecule has 2 aromatic carbocycles. The predicted octanol–water partition coefficient (Wildman–Crippen LogP) is 2.56. The van der Waals surface area contributed by atoms with Gasteiger partial charge in [0.15, 0.2) is 0 Å². The molecule has 0 aliphatic carbocycles. The topological polar surface area (TPSA) is 110 Å². The van der Waals surface area contributed by atoms with Gasteiger partial charge in [-0.15, -0.1) is 0 Å². The smallest absolute Gasteiger partial charge is 0.274 e. The van der Waals surface area contributed by atoms with Crippen LogP contribution in [0.25, 0.3) is 10.9 Å². The lowest BCUT2D eigenvalue weighted by atomic mass is 10.1. The molecule has 0 aliphatic heterocycles. The molecule has 0 fully saturated rings. The molecule has 1 aromatic heterocycles. The van der Waals surface area contributed by atoms with Crippen LogP contribution in [0.5, 0.6) is 11.5 Å². The van der Waals surface area contributed by atoms with Crippen molar-refractivity contribution in [3.8, 4) is 11.5 Å². The van der Waals surface area contributed by atoms with E-state index in [-0.39, 0.29) is 24.2 Å². The van der Waals surface area contributed by atoms with Crippen molar-refractivity contribution in [3.05, 3.63) is 65.9 Å². The Morgan fingerprint density at radius 2 is 1.83 bits per heavy atom. The minimum absolute atomic E-state index is 0.257.